The molecule has 0 saturated carbocycles. The fourth-order valence-corrected chi connectivity index (χ4v) is 4.83. The molecule has 0 atom stereocenters. The Kier molecular flexibility index (Phi) is 4.22. The van der Waals surface area contributed by atoms with Gasteiger partial charge in [0.25, 0.3) is 10.0 Å². The third-order valence-electron chi connectivity index (χ3n) is 1.98. The second-order valence-corrected chi connectivity index (χ2v) is 8.30. The monoisotopic (exact) mass is 331 g/mol. The van der Waals surface area contributed by atoms with Crippen LogP contribution in [0.2, 0.25) is 5.02 Å². The van der Waals surface area contributed by atoms with Gasteiger partial charge in [-0.15, -0.1) is 11.3 Å². The minimum Gasteiger partial charge on any atom is -0.206 e. The number of hydrogen-bond donors (Lipinski definition) is 0. The molecule has 0 bridgehead atoms. The molecule has 0 aromatic carbocycles. The summed E-state index contributed by atoms with van der Waals surface area (Å²) in [6.45, 7) is 3.64. The Balaban J connectivity index is 3.17. The summed E-state index contributed by atoms with van der Waals surface area (Å²) in [7, 11) is -1.85. The van der Waals surface area contributed by atoms with Crippen molar-refractivity contribution >= 4 is 48.9 Å². The van der Waals surface area contributed by atoms with Crippen LogP contribution in [0.15, 0.2) is 14.1 Å². The van der Waals surface area contributed by atoms with E-state index in [2.05, 4.69) is 15.9 Å². The smallest absolute Gasteiger partial charge is 0.206 e. The van der Waals surface area contributed by atoms with Crippen LogP contribution < -0.4 is 0 Å². The quantitative estimate of drug-likeness (QED) is 0.852. The molecular weight excluding hydrogens is 322 g/mol. The summed E-state index contributed by atoms with van der Waals surface area (Å²) in [6, 6.07) is 1.39. The van der Waals surface area contributed by atoms with E-state index in [0.29, 0.717) is 8.81 Å². The van der Waals surface area contributed by atoms with Crippen LogP contribution >= 0.6 is 38.9 Å². The molecule has 0 aliphatic carbocycles. The van der Waals surface area contributed by atoms with E-state index in [0.717, 1.165) is 11.3 Å². The summed E-state index contributed by atoms with van der Waals surface area (Å²) in [5.41, 5.74) is 0. The van der Waals surface area contributed by atoms with Crippen molar-refractivity contribution in [3.05, 3.63) is 14.9 Å². The third-order valence-corrected chi connectivity index (χ3v) is 6.94. The number of thiophene rings is 1. The standard InChI is InChI=1S/C8H11BrClNO2S2/c1-5(2)11(3)15(12,13)7-4-6(10)8(9)14-7/h4-5H,1-3H3. The second kappa shape index (κ2) is 4.71. The van der Waals surface area contributed by atoms with Gasteiger partial charge in [-0.25, -0.2) is 8.42 Å². The molecule has 1 aromatic heterocycles. The molecule has 0 aliphatic heterocycles. The lowest BCUT2D eigenvalue weighted by Gasteiger charge is -2.19. The molecule has 0 unspecified atom stereocenters. The summed E-state index contributed by atoms with van der Waals surface area (Å²) >= 11 is 10.1. The van der Waals surface area contributed by atoms with Gasteiger partial charge in [0.15, 0.2) is 0 Å². The van der Waals surface area contributed by atoms with Gasteiger partial charge < -0.3 is 0 Å². The Morgan fingerprint density at radius 1 is 1.53 bits per heavy atom. The van der Waals surface area contributed by atoms with Crippen molar-refractivity contribution in [2.24, 2.45) is 0 Å². The third kappa shape index (κ3) is 2.74. The van der Waals surface area contributed by atoms with Crippen molar-refractivity contribution in [3.8, 4) is 0 Å². The minimum atomic E-state index is -3.40. The predicted octanol–water partition coefficient (Wildman–Crippen LogP) is 3.19. The molecule has 0 spiro atoms. The normalized spacial score (nSPS) is 12.7. The van der Waals surface area contributed by atoms with Crippen LogP contribution in [-0.4, -0.2) is 25.8 Å². The van der Waals surface area contributed by atoms with E-state index in [1.54, 1.807) is 7.05 Å². The van der Waals surface area contributed by atoms with E-state index >= 15 is 0 Å². The Morgan fingerprint density at radius 3 is 2.40 bits per heavy atom. The van der Waals surface area contributed by atoms with Crippen molar-refractivity contribution in [2.45, 2.75) is 24.1 Å². The fraction of sp³-hybridized carbons (Fsp3) is 0.500. The number of hydrogen-bond acceptors (Lipinski definition) is 3. The molecule has 7 heteroatoms. The summed E-state index contributed by atoms with van der Waals surface area (Å²) in [4.78, 5) is 0. The van der Waals surface area contributed by atoms with Gasteiger partial charge in [-0.3, -0.25) is 0 Å². The summed E-state index contributed by atoms with van der Waals surface area (Å²) in [5.74, 6) is 0. The molecule has 0 amide bonds. The maximum absolute atomic E-state index is 12.0. The number of halogens is 2. The second-order valence-electron chi connectivity index (χ2n) is 3.30. The molecule has 3 nitrogen and oxygen atoms in total. The van der Waals surface area contributed by atoms with Gasteiger partial charge in [0.05, 0.1) is 8.81 Å². The molecule has 0 fully saturated rings. The highest BCUT2D eigenvalue weighted by molar-refractivity contribution is 9.11. The van der Waals surface area contributed by atoms with Gasteiger partial charge in [0.1, 0.15) is 4.21 Å². The first-order chi connectivity index (χ1) is 6.76. The highest BCUT2D eigenvalue weighted by Crippen LogP contribution is 2.35. The Morgan fingerprint density at radius 2 is 2.07 bits per heavy atom. The van der Waals surface area contributed by atoms with E-state index in [1.807, 2.05) is 13.8 Å². The maximum Gasteiger partial charge on any atom is 0.252 e. The summed E-state index contributed by atoms with van der Waals surface area (Å²) < 4.78 is 26.2. The van der Waals surface area contributed by atoms with E-state index in [1.165, 1.54) is 10.4 Å². The lowest BCUT2D eigenvalue weighted by Crippen LogP contribution is -2.32. The SMILES string of the molecule is CC(C)N(C)S(=O)(=O)c1cc(Cl)c(Br)s1. The molecular formula is C8H11BrClNO2S2. The first-order valence-corrected chi connectivity index (χ1v) is 7.62. The van der Waals surface area contributed by atoms with Crippen molar-refractivity contribution in [1.29, 1.82) is 0 Å². The number of nitrogens with zero attached hydrogens (tertiary/aromatic N) is 1. The fourth-order valence-electron chi connectivity index (χ4n) is 0.873. The van der Waals surface area contributed by atoms with Crippen molar-refractivity contribution in [1.82, 2.24) is 4.31 Å². The molecule has 0 aliphatic rings. The molecule has 15 heavy (non-hydrogen) atoms. The van der Waals surface area contributed by atoms with E-state index in [-0.39, 0.29) is 10.3 Å². The molecule has 1 rings (SSSR count). The van der Waals surface area contributed by atoms with Gasteiger partial charge in [0, 0.05) is 13.1 Å². The zero-order valence-corrected chi connectivity index (χ0v) is 12.5. The van der Waals surface area contributed by atoms with Gasteiger partial charge in [0.2, 0.25) is 0 Å². The topological polar surface area (TPSA) is 37.4 Å². The molecule has 1 aromatic rings. The molecule has 1 heterocycles. The first kappa shape index (κ1) is 13.4. The maximum atomic E-state index is 12.0. The lowest BCUT2D eigenvalue weighted by atomic mass is 10.4. The van der Waals surface area contributed by atoms with Crippen LogP contribution in [0.3, 0.4) is 0 Å². The zero-order valence-electron chi connectivity index (χ0n) is 8.49. The molecule has 0 radical (unpaired) electrons. The molecule has 0 saturated heterocycles. The number of sulfonamides is 1. The average Bonchev–Trinajstić information content (AvgIpc) is 2.46. The van der Waals surface area contributed by atoms with Crippen LogP contribution in [0.4, 0.5) is 0 Å². The number of rotatable bonds is 3. The van der Waals surface area contributed by atoms with Crippen molar-refractivity contribution < 1.29 is 8.42 Å². The van der Waals surface area contributed by atoms with Crippen LogP contribution in [0.1, 0.15) is 13.8 Å². The molecule has 0 N–H and O–H groups in total. The van der Waals surface area contributed by atoms with E-state index in [4.69, 9.17) is 11.6 Å². The van der Waals surface area contributed by atoms with E-state index < -0.39 is 10.0 Å². The lowest BCUT2D eigenvalue weighted by molar-refractivity contribution is 0.412. The van der Waals surface area contributed by atoms with Crippen molar-refractivity contribution in [2.75, 3.05) is 7.05 Å². The van der Waals surface area contributed by atoms with E-state index in [9.17, 15) is 8.42 Å². The Labute approximate surface area is 107 Å². The molecule has 86 valence electrons. The zero-order chi connectivity index (χ0) is 11.8. The highest BCUT2D eigenvalue weighted by Gasteiger charge is 2.25. The predicted molar refractivity (Wildman–Crippen MR) is 67.1 cm³/mol. The van der Waals surface area contributed by atoms with Crippen LogP contribution in [-0.2, 0) is 10.0 Å². The van der Waals surface area contributed by atoms with Crippen LogP contribution in [0, 0.1) is 0 Å². The minimum absolute atomic E-state index is 0.0744. The average molecular weight is 333 g/mol. The van der Waals surface area contributed by atoms with Gasteiger partial charge >= 0.3 is 0 Å². The largest absolute Gasteiger partial charge is 0.252 e. The summed E-state index contributed by atoms with van der Waals surface area (Å²) in [6.07, 6.45) is 0. The Hall–Kier alpha value is 0.380. The first-order valence-electron chi connectivity index (χ1n) is 4.19. The van der Waals surface area contributed by atoms with Crippen molar-refractivity contribution in [3.63, 3.8) is 0 Å². The van der Waals surface area contributed by atoms with Gasteiger partial charge in [-0.1, -0.05) is 11.6 Å². The van der Waals surface area contributed by atoms with Gasteiger partial charge in [-0.05, 0) is 35.8 Å². The van der Waals surface area contributed by atoms with Crippen LogP contribution in [0.25, 0.3) is 0 Å². The summed E-state index contributed by atoms with van der Waals surface area (Å²) in [5, 5.41) is 0.427. The Bertz CT molecular complexity index is 436. The highest BCUT2D eigenvalue weighted by atomic mass is 79.9. The van der Waals surface area contributed by atoms with Gasteiger partial charge in [-0.2, -0.15) is 4.31 Å². The van der Waals surface area contributed by atoms with Crippen LogP contribution in [0.5, 0.6) is 0 Å².